The molecule has 0 saturated carbocycles. The second kappa shape index (κ2) is 9.61. The topological polar surface area (TPSA) is 35.6 Å². The second-order valence-electron chi connectivity index (χ2n) is 8.65. The molecule has 0 spiro atoms. The zero-order chi connectivity index (χ0) is 20.9. The van der Waals surface area contributed by atoms with Gasteiger partial charge in [0.25, 0.3) is 0 Å². The normalized spacial score (nSPS) is 22.5. The molecule has 2 aromatic carbocycles. The molecule has 0 unspecified atom stereocenters. The number of amides is 1. The molecule has 1 N–H and O–H groups in total. The van der Waals surface area contributed by atoms with E-state index in [-0.39, 0.29) is 11.7 Å². The molecule has 4 nitrogen and oxygen atoms in total. The fourth-order valence-electron chi connectivity index (χ4n) is 4.84. The summed E-state index contributed by atoms with van der Waals surface area (Å²) in [5.74, 6) is 0.640. The number of hydrogen-bond donors (Lipinski definition) is 1. The predicted octanol–water partition coefficient (Wildman–Crippen LogP) is 5.06. The van der Waals surface area contributed by atoms with Gasteiger partial charge in [-0.05, 0) is 67.6 Å². The molecule has 0 radical (unpaired) electrons. The van der Waals surface area contributed by atoms with Crippen LogP contribution in [0.2, 0.25) is 0 Å². The Bertz CT molecular complexity index is 854. The summed E-state index contributed by atoms with van der Waals surface area (Å²) in [6.45, 7) is 6.00. The Hall–Kier alpha value is -2.40. The van der Waals surface area contributed by atoms with Crippen LogP contribution in [0.1, 0.15) is 44.6 Å². The van der Waals surface area contributed by atoms with Crippen molar-refractivity contribution >= 4 is 17.3 Å². The maximum Gasteiger partial charge on any atom is 0.227 e. The molecule has 0 bridgehead atoms. The first-order valence-electron chi connectivity index (χ1n) is 11.3. The van der Waals surface area contributed by atoms with Crippen LogP contribution in [-0.2, 0) is 11.3 Å². The molecular weight excluding hydrogens is 377 g/mol. The molecule has 2 atom stereocenters. The van der Waals surface area contributed by atoms with E-state index in [4.69, 9.17) is 0 Å². The highest BCUT2D eigenvalue weighted by atomic mass is 19.1. The first kappa shape index (κ1) is 20.9. The number of anilines is 2. The van der Waals surface area contributed by atoms with E-state index in [9.17, 15) is 9.18 Å². The Balaban J connectivity index is 1.40. The average Bonchev–Trinajstić information content (AvgIpc) is 3.17. The van der Waals surface area contributed by atoms with Crippen LogP contribution in [0.15, 0.2) is 48.5 Å². The van der Waals surface area contributed by atoms with Crippen LogP contribution in [0.4, 0.5) is 15.8 Å². The van der Waals surface area contributed by atoms with Gasteiger partial charge >= 0.3 is 0 Å². The summed E-state index contributed by atoms with van der Waals surface area (Å²) in [7, 11) is 0. The van der Waals surface area contributed by atoms with Crippen LogP contribution in [0, 0.1) is 11.7 Å². The fraction of sp³-hybridized carbons (Fsp3) is 0.480. The summed E-state index contributed by atoms with van der Waals surface area (Å²) in [5, 5.41) is 3.60. The predicted molar refractivity (Wildman–Crippen MR) is 120 cm³/mol. The van der Waals surface area contributed by atoms with Gasteiger partial charge in [-0.3, -0.25) is 9.69 Å². The van der Waals surface area contributed by atoms with Gasteiger partial charge in [0, 0.05) is 43.5 Å². The van der Waals surface area contributed by atoms with Gasteiger partial charge in [-0.25, -0.2) is 4.39 Å². The van der Waals surface area contributed by atoms with Gasteiger partial charge in [-0.2, -0.15) is 0 Å². The SMILES string of the molecule is CCC[C@H]1CCN(Cc2ccc(N3CCCC3=O)cc2)C[C@H]1Nc1cccc(F)c1. The number of likely N-dealkylation sites (tertiary alicyclic amines) is 1. The van der Waals surface area contributed by atoms with Crippen LogP contribution in [-0.4, -0.2) is 36.5 Å². The van der Waals surface area contributed by atoms with Crippen LogP contribution < -0.4 is 10.2 Å². The average molecular weight is 410 g/mol. The summed E-state index contributed by atoms with van der Waals surface area (Å²) < 4.78 is 13.6. The van der Waals surface area contributed by atoms with Crippen molar-refractivity contribution in [2.45, 2.75) is 51.6 Å². The van der Waals surface area contributed by atoms with E-state index < -0.39 is 0 Å². The highest BCUT2D eigenvalue weighted by molar-refractivity contribution is 5.95. The molecule has 4 rings (SSSR count). The molecule has 2 aliphatic heterocycles. The molecule has 1 amide bonds. The van der Waals surface area contributed by atoms with Crippen molar-refractivity contribution in [1.82, 2.24) is 4.90 Å². The Kier molecular flexibility index (Phi) is 6.68. The van der Waals surface area contributed by atoms with E-state index in [1.54, 1.807) is 12.1 Å². The molecule has 2 heterocycles. The number of rotatable bonds is 7. The van der Waals surface area contributed by atoms with Crippen molar-refractivity contribution in [1.29, 1.82) is 0 Å². The first-order valence-corrected chi connectivity index (χ1v) is 11.3. The van der Waals surface area contributed by atoms with Gasteiger partial charge in [-0.15, -0.1) is 0 Å². The van der Waals surface area contributed by atoms with Crippen molar-refractivity contribution in [3.8, 4) is 0 Å². The molecule has 2 saturated heterocycles. The third kappa shape index (κ3) is 5.01. The maximum atomic E-state index is 13.6. The largest absolute Gasteiger partial charge is 0.381 e. The zero-order valence-electron chi connectivity index (χ0n) is 17.8. The number of carbonyl (C=O) groups excluding carboxylic acids is 1. The van der Waals surface area contributed by atoms with Gasteiger partial charge in [0.1, 0.15) is 5.82 Å². The van der Waals surface area contributed by atoms with Crippen molar-refractivity contribution in [2.24, 2.45) is 5.92 Å². The molecule has 0 aliphatic carbocycles. The summed E-state index contributed by atoms with van der Waals surface area (Å²) >= 11 is 0. The van der Waals surface area contributed by atoms with E-state index in [0.29, 0.717) is 18.4 Å². The van der Waals surface area contributed by atoms with E-state index in [0.717, 1.165) is 50.4 Å². The van der Waals surface area contributed by atoms with Crippen LogP contribution >= 0.6 is 0 Å². The third-order valence-corrected chi connectivity index (χ3v) is 6.40. The van der Waals surface area contributed by atoms with Gasteiger partial charge < -0.3 is 10.2 Å². The summed E-state index contributed by atoms with van der Waals surface area (Å²) in [6, 6.07) is 15.5. The molecular formula is C25H32FN3O. The van der Waals surface area contributed by atoms with Crippen molar-refractivity contribution in [3.05, 3.63) is 59.9 Å². The number of nitrogens with one attached hydrogen (secondary N) is 1. The summed E-state index contributed by atoms with van der Waals surface area (Å²) in [4.78, 5) is 16.3. The van der Waals surface area contributed by atoms with E-state index >= 15 is 0 Å². The van der Waals surface area contributed by atoms with Crippen molar-refractivity contribution in [3.63, 3.8) is 0 Å². The molecule has 2 aromatic rings. The molecule has 0 aromatic heterocycles. The number of benzene rings is 2. The Morgan fingerprint density at radius 2 is 1.97 bits per heavy atom. The molecule has 2 aliphatic rings. The monoisotopic (exact) mass is 409 g/mol. The smallest absolute Gasteiger partial charge is 0.227 e. The minimum atomic E-state index is -0.198. The third-order valence-electron chi connectivity index (χ3n) is 6.40. The zero-order valence-corrected chi connectivity index (χ0v) is 17.8. The number of carbonyl (C=O) groups is 1. The van der Waals surface area contributed by atoms with E-state index in [2.05, 4.69) is 41.4 Å². The summed E-state index contributed by atoms with van der Waals surface area (Å²) in [6.07, 6.45) is 5.13. The van der Waals surface area contributed by atoms with E-state index in [1.165, 1.54) is 24.5 Å². The lowest BCUT2D eigenvalue weighted by atomic mass is 9.87. The quantitative estimate of drug-likeness (QED) is 0.695. The highest BCUT2D eigenvalue weighted by Gasteiger charge is 2.29. The Morgan fingerprint density at radius 1 is 1.13 bits per heavy atom. The van der Waals surface area contributed by atoms with Gasteiger partial charge in [0.05, 0.1) is 0 Å². The number of hydrogen-bond acceptors (Lipinski definition) is 3. The summed E-state index contributed by atoms with van der Waals surface area (Å²) in [5.41, 5.74) is 3.14. The fourth-order valence-corrected chi connectivity index (χ4v) is 4.84. The van der Waals surface area contributed by atoms with Crippen LogP contribution in [0.25, 0.3) is 0 Å². The van der Waals surface area contributed by atoms with E-state index in [1.807, 2.05) is 11.0 Å². The molecule has 2 fully saturated rings. The minimum absolute atomic E-state index is 0.198. The van der Waals surface area contributed by atoms with Crippen LogP contribution in [0.3, 0.4) is 0 Å². The lowest BCUT2D eigenvalue weighted by Gasteiger charge is -2.39. The molecule has 30 heavy (non-hydrogen) atoms. The second-order valence-corrected chi connectivity index (χ2v) is 8.65. The number of nitrogens with zero attached hydrogens (tertiary/aromatic N) is 2. The maximum absolute atomic E-state index is 13.6. The lowest BCUT2D eigenvalue weighted by molar-refractivity contribution is -0.117. The number of halogens is 1. The van der Waals surface area contributed by atoms with Gasteiger partial charge in [0.15, 0.2) is 0 Å². The molecule has 5 heteroatoms. The Morgan fingerprint density at radius 3 is 2.67 bits per heavy atom. The minimum Gasteiger partial charge on any atom is -0.381 e. The first-order chi connectivity index (χ1) is 14.6. The number of piperidine rings is 1. The standard InChI is InChI=1S/C25H32FN3O/c1-2-5-20-13-15-28(18-24(20)27-22-7-3-6-21(26)16-22)17-19-9-11-23(12-10-19)29-14-4-8-25(29)30/h3,6-7,9-12,16,20,24,27H,2,4-5,8,13-15,17-18H2,1H3/t20-,24+/m0/s1. The highest BCUT2D eigenvalue weighted by Crippen LogP contribution is 2.27. The van der Waals surface area contributed by atoms with Gasteiger partial charge in [-0.1, -0.05) is 31.5 Å². The van der Waals surface area contributed by atoms with Gasteiger partial charge in [0.2, 0.25) is 5.91 Å². The Labute approximate surface area is 179 Å². The van der Waals surface area contributed by atoms with Crippen LogP contribution in [0.5, 0.6) is 0 Å². The van der Waals surface area contributed by atoms with Crippen molar-refractivity contribution < 1.29 is 9.18 Å². The van der Waals surface area contributed by atoms with Crippen molar-refractivity contribution in [2.75, 3.05) is 29.9 Å². The molecule has 160 valence electrons. The lowest BCUT2D eigenvalue weighted by Crippen LogP contribution is -2.47.